The zero-order valence-electron chi connectivity index (χ0n) is 14.1. The van der Waals surface area contributed by atoms with Crippen molar-refractivity contribution in [3.8, 4) is 5.69 Å². The minimum Gasteiger partial charge on any atom is -0.455 e. The van der Waals surface area contributed by atoms with Crippen molar-refractivity contribution in [1.82, 2.24) is 14.8 Å². The molecule has 4 rings (SSSR count). The van der Waals surface area contributed by atoms with Gasteiger partial charge in [0.05, 0.1) is 23.3 Å². The Balaban J connectivity index is 1.62. The predicted molar refractivity (Wildman–Crippen MR) is 93.6 cm³/mol. The van der Waals surface area contributed by atoms with E-state index in [4.69, 9.17) is 4.74 Å². The van der Waals surface area contributed by atoms with Gasteiger partial charge in [0.25, 0.3) is 0 Å². The molecule has 2 aromatic heterocycles. The van der Waals surface area contributed by atoms with E-state index in [2.05, 4.69) is 10.1 Å². The highest BCUT2D eigenvalue weighted by Gasteiger charge is 2.33. The summed E-state index contributed by atoms with van der Waals surface area (Å²) in [6, 6.07) is 13.6. The van der Waals surface area contributed by atoms with Gasteiger partial charge in [-0.3, -0.25) is 4.98 Å². The number of esters is 1. The number of ether oxygens (including phenoxy) is 1. The van der Waals surface area contributed by atoms with Crippen molar-refractivity contribution in [2.45, 2.75) is 32.3 Å². The van der Waals surface area contributed by atoms with Gasteiger partial charge in [-0.15, -0.1) is 0 Å². The van der Waals surface area contributed by atoms with Crippen LogP contribution in [-0.2, 0) is 11.3 Å². The number of carbonyl (C=O) groups is 1. The van der Waals surface area contributed by atoms with Crippen LogP contribution in [0.4, 0.5) is 0 Å². The molecule has 1 aromatic carbocycles. The minimum absolute atomic E-state index is 0.166. The second-order valence-electron chi connectivity index (χ2n) is 6.31. The van der Waals surface area contributed by atoms with Crippen LogP contribution >= 0.6 is 0 Å². The van der Waals surface area contributed by atoms with Gasteiger partial charge in [0, 0.05) is 12.1 Å². The van der Waals surface area contributed by atoms with E-state index >= 15 is 0 Å². The number of benzene rings is 1. The van der Waals surface area contributed by atoms with Gasteiger partial charge in [0.1, 0.15) is 12.2 Å². The molecule has 3 aromatic rings. The Morgan fingerprint density at radius 2 is 2.00 bits per heavy atom. The second-order valence-corrected chi connectivity index (χ2v) is 6.31. The smallest absolute Gasteiger partial charge is 0.342 e. The lowest BCUT2D eigenvalue weighted by atomic mass is 10.1. The van der Waals surface area contributed by atoms with Gasteiger partial charge in [-0.2, -0.15) is 5.10 Å². The largest absolute Gasteiger partial charge is 0.455 e. The number of rotatable bonds is 5. The van der Waals surface area contributed by atoms with E-state index in [0.29, 0.717) is 11.5 Å². The third-order valence-electron chi connectivity index (χ3n) is 4.41. The fourth-order valence-corrected chi connectivity index (χ4v) is 2.96. The average molecular weight is 333 g/mol. The lowest BCUT2D eigenvalue weighted by molar-refractivity contribution is 0.0466. The first-order chi connectivity index (χ1) is 12.2. The fourth-order valence-electron chi connectivity index (χ4n) is 2.96. The first-order valence-corrected chi connectivity index (χ1v) is 8.45. The highest BCUT2D eigenvalue weighted by molar-refractivity contribution is 5.91. The number of pyridine rings is 1. The first-order valence-electron chi connectivity index (χ1n) is 8.45. The molecule has 0 amide bonds. The molecule has 126 valence electrons. The molecule has 0 N–H and O–H groups in total. The SMILES string of the molecule is Cc1ccccc1-n1ncc(C(=O)OCc2ccccn2)c1C1CC1. The molecule has 0 atom stereocenters. The Hall–Kier alpha value is -2.95. The van der Waals surface area contributed by atoms with E-state index < -0.39 is 0 Å². The van der Waals surface area contributed by atoms with Gasteiger partial charge in [-0.25, -0.2) is 9.48 Å². The maximum atomic E-state index is 12.6. The summed E-state index contributed by atoms with van der Waals surface area (Å²) < 4.78 is 7.35. The Kier molecular flexibility index (Phi) is 4.06. The number of aryl methyl sites for hydroxylation is 1. The highest BCUT2D eigenvalue weighted by atomic mass is 16.5. The van der Waals surface area contributed by atoms with Crippen LogP contribution < -0.4 is 0 Å². The minimum atomic E-state index is -0.340. The number of carbonyl (C=O) groups excluding carboxylic acids is 1. The van der Waals surface area contributed by atoms with Crippen molar-refractivity contribution < 1.29 is 9.53 Å². The van der Waals surface area contributed by atoms with Gasteiger partial charge in [-0.1, -0.05) is 24.3 Å². The highest BCUT2D eigenvalue weighted by Crippen LogP contribution is 2.42. The molecule has 0 unspecified atom stereocenters. The van der Waals surface area contributed by atoms with Gasteiger partial charge in [-0.05, 0) is 43.5 Å². The van der Waals surface area contributed by atoms with Gasteiger partial charge < -0.3 is 4.74 Å². The summed E-state index contributed by atoms with van der Waals surface area (Å²) in [5.74, 6) is 0.0342. The lowest BCUT2D eigenvalue weighted by Gasteiger charge is -2.11. The van der Waals surface area contributed by atoms with Crippen molar-refractivity contribution >= 4 is 5.97 Å². The van der Waals surface area contributed by atoms with E-state index in [0.717, 1.165) is 35.5 Å². The molecule has 25 heavy (non-hydrogen) atoms. The molecule has 1 fully saturated rings. The van der Waals surface area contributed by atoms with Gasteiger partial charge >= 0.3 is 5.97 Å². The first kappa shape index (κ1) is 15.6. The van der Waals surface area contributed by atoms with Crippen LogP contribution in [0.3, 0.4) is 0 Å². The van der Waals surface area contributed by atoms with Crippen molar-refractivity contribution in [1.29, 1.82) is 0 Å². The molecular formula is C20H19N3O2. The summed E-state index contributed by atoms with van der Waals surface area (Å²) in [4.78, 5) is 16.8. The van der Waals surface area contributed by atoms with E-state index in [9.17, 15) is 4.79 Å². The molecule has 0 spiro atoms. The van der Waals surface area contributed by atoms with Crippen LogP contribution in [0.15, 0.2) is 54.9 Å². The summed E-state index contributed by atoms with van der Waals surface area (Å²) >= 11 is 0. The van der Waals surface area contributed by atoms with Crippen LogP contribution in [0, 0.1) is 6.92 Å². The maximum absolute atomic E-state index is 12.6. The molecule has 0 bridgehead atoms. The molecule has 1 aliphatic rings. The summed E-state index contributed by atoms with van der Waals surface area (Å²) in [6.45, 7) is 2.21. The zero-order chi connectivity index (χ0) is 17.2. The summed E-state index contributed by atoms with van der Waals surface area (Å²) in [5, 5.41) is 4.48. The van der Waals surface area contributed by atoms with Gasteiger partial charge in [0.15, 0.2) is 0 Å². The Bertz CT molecular complexity index is 898. The molecule has 0 saturated heterocycles. The van der Waals surface area contributed by atoms with Crippen molar-refractivity contribution in [3.05, 3.63) is 77.4 Å². The zero-order valence-corrected chi connectivity index (χ0v) is 14.1. The number of para-hydroxylation sites is 1. The number of nitrogens with zero attached hydrogens (tertiary/aromatic N) is 3. The van der Waals surface area contributed by atoms with Crippen LogP contribution in [0.5, 0.6) is 0 Å². The summed E-state index contributed by atoms with van der Waals surface area (Å²) in [7, 11) is 0. The molecule has 0 aliphatic heterocycles. The topological polar surface area (TPSA) is 57.0 Å². The quantitative estimate of drug-likeness (QED) is 0.666. The van der Waals surface area contributed by atoms with Crippen LogP contribution in [-0.4, -0.2) is 20.7 Å². The average Bonchev–Trinajstić information content (AvgIpc) is 3.39. The second kappa shape index (κ2) is 6.51. The van der Waals surface area contributed by atoms with Gasteiger partial charge in [0.2, 0.25) is 0 Å². The van der Waals surface area contributed by atoms with E-state index in [1.165, 1.54) is 0 Å². The number of hydrogen-bond acceptors (Lipinski definition) is 4. The Morgan fingerprint density at radius 1 is 1.20 bits per heavy atom. The standard InChI is InChI=1S/C20H19N3O2/c1-14-6-2-3-8-18(14)23-19(15-9-10-15)17(12-22-23)20(24)25-13-16-7-4-5-11-21-16/h2-8,11-12,15H,9-10,13H2,1H3. The molecule has 5 nitrogen and oxygen atoms in total. The summed E-state index contributed by atoms with van der Waals surface area (Å²) in [6.07, 6.45) is 5.48. The molecule has 1 aliphatic carbocycles. The van der Waals surface area contributed by atoms with Crippen LogP contribution in [0.1, 0.15) is 46.1 Å². The molecule has 1 saturated carbocycles. The molecule has 0 radical (unpaired) electrons. The normalized spacial score (nSPS) is 13.6. The third kappa shape index (κ3) is 3.18. The van der Waals surface area contributed by atoms with E-state index in [1.54, 1.807) is 12.4 Å². The summed E-state index contributed by atoms with van der Waals surface area (Å²) in [5.41, 5.74) is 4.38. The third-order valence-corrected chi connectivity index (χ3v) is 4.41. The monoisotopic (exact) mass is 333 g/mol. The molecular weight excluding hydrogens is 314 g/mol. The van der Waals surface area contributed by atoms with Crippen LogP contribution in [0.25, 0.3) is 5.69 Å². The van der Waals surface area contributed by atoms with E-state index in [1.807, 2.05) is 54.1 Å². The Morgan fingerprint density at radius 3 is 2.72 bits per heavy atom. The Labute approximate surface area is 146 Å². The van der Waals surface area contributed by atoms with Crippen molar-refractivity contribution in [2.75, 3.05) is 0 Å². The predicted octanol–water partition coefficient (Wildman–Crippen LogP) is 3.81. The molecule has 5 heteroatoms. The van der Waals surface area contributed by atoms with Crippen molar-refractivity contribution in [2.24, 2.45) is 0 Å². The lowest BCUT2D eigenvalue weighted by Crippen LogP contribution is -2.10. The maximum Gasteiger partial charge on any atom is 0.342 e. The number of hydrogen-bond donors (Lipinski definition) is 0. The fraction of sp³-hybridized carbons (Fsp3) is 0.250. The van der Waals surface area contributed by atoms with Crippen molar-refractivity contribution in [3.63, 3.8) is 0 Å². The van der Waals surface area contributed by atoms with Crippen LogP contribution in [0.2, 0.25) is 0 Å². The number of aromatic nitrogens is 3. The molecule has 2 heterocycles. The van der Waals surface area contributed by atoms with E-state index in [-0.39, 0.29) is 12.6 Å².